The molecule has 0 spiro atoms. The number of aliphatic hydroxyl groups excluding tert-OH is 1. The van der Waals surface area contributed by atoms with Gasteiger partial charge < -0.3 is 24.1 Å². The predicted molar refractivity (Wildman–Crippen MR) is 211 cm³/mol. The van der Waals surface area contributed by atoms with Crippen molar-refractivity contribution in [3.8, 4) is 0 Å². The van der Waals surface area contributed by atoms with Crippen molar-refractivity contribution in [2.75, 3.05) is 20.8 Å². The lowest BCUT2D eigenvalue weighted by molar-refractivity contribution is -0.252. The highest BCUT2D eigenvalue weighted by molar-refractivity contribution is 5.74. The van der Waals surface area contributed by atoms with Crippen LogP contribution in [0.3, 0.4) is 0 Å². The standard InChI is InChI=1S/C46H76O8/c1-29(2)30-16-21-46(28-53-37(49)26-40(3,4)24-35(47)51-12)23-22-44(10)31(39(30)46)14-15-33-43(9)19-18-34(42(7,8)32(43)17-20-45(33,44)11)54-38(50)27-41(5,6)25-36(48)52-13/h30-34,36,39,48H,1,14-28H2,2-13H3/t30?,31?,32?,33?,34-,36?,39?,43-,44+,45+,46+/m0/s1. The molecule has 0 aromatic rings. The molecule has 6 unspecified atom stereocenters. The van der Waals surface area contributed by atoms with Crippen LogP contribution >= 0.6 is 0 Å². The average Bonchev–Trinajstić information content (AvgIpc) is 3.44. The molecule has 8 heteroatoms. The van der Waals surface area contributed by atoms with Gasteiger partial charge in [0.2, 0.25) is 0 Å². The van der Waals surface area contributed by atoms with Gasteiger partial charge in [-0.1, -0.05) is 74.5 Å². The number of carbonyl (C=O) groups excluding carboxylic acids is 3. The van der Waals surface area contributed by atoms with Crippen LogP contribution in [0.4, 0.5) is 0 Å². The van der Waals surface area contributed by atoms with Crippen molar-refractivity contribution in [3.05, 3.63) is 12.2 Å². The fraction of sp³-hybridized carbons (Fsp3) is 0.891. The van der Waals surface area contributed by atoms with Gasteiger partial charge in [-0.2, -0.15) is 0 Å². The Morgan fingerprint density at radius 2 is 1.41 bits per heavy atom. The molecule has 5 aliphatic rings. The van der Waals surface area contributed by atoms with E-state index in [1.807, 2.05) is 27.7 Å². The molecular formula is C46H76O8. The highest BCUT2D eigenvalue weighted by Gasteiger charge is 2.71. The second kappa shape index (κ2) is 15.1. The summed E-state index contributed by atoms with van der Waals surface area (Å²) in [7, 11) is 2.87. The van der Waals surface area contributed by atoms with Crippen LogP contribution in [0.5, 0.6) is 0 Å². The summed E-state index contributed by atoms with van der Waals surface area (Å²) in [5, 5.41) is 10.1. The Morgan fingerprint density at radius 1 is 0.759 bits per heavy atom. The van der Waals surface area contributed by atoms with Gasteiger partial charge in [-0.05, 0) is 128 Å². The summed E-state index contributed by atoms with van der Waals surface area (Å²) in [4.78, 5) is 38.7. The van der Waals surface area contributed by atoms with E-state index >= 15 is 0 Å². The fourth-order valence-corrected chi connectivity index (χ4v) is 14.1. The largest absolute Gasteiger partial charge is 0.469 e. The Kier molecular flexibility index (Phi) is 12.1. The van der Waals surface area contributed by atoms with Crippen LogP contribution in [0, 0.1) is 67.5 Å². The lowest BCUT2D eigenvalue weighted by Crippen LogP contribution is -2.67. The topological polar surface area (TPSA) is 108 Å². The number of carbonyl (C=O) groups is 3. The summed E-state index contributed by atoms with van der Waals surface area (Å²) in [6.07, 6.45) is 11.0. The molecule has 0 radical (unpaired) electrons. The minimum absolute atomic E-state index is 0.0413. The summed E-state index contributed by atoms with van der Waals surface area (Å²) in [5.74, 6) is 1.75. The van der Waals surface area contributed by atoms with Crippen LogP contribution in [-0.4, -0.2) is 56.2 Å². The second-order valence-corrected chi connectivity index (χ2v) is 21.9. The third kappa shape index (κ3) is 7.71. The van der Waals surface area contributed by atoms with Gasteiger partial charge in [0.05, 0.1) is 33.0 Å². The van der Waals surface area contributed by atoms with E-state index in [1.54, 1.807) is 0 Å². The summed E-state index contributed by atoms with van der Waals surface area (Å²) in [6.45, 7) is 27.6. The Morgan fingerprint density at radius 3 is 2.04 bits per heavy atom. The number of hydrogen-bond donors (Lipinski definition) is 1. The Labute approximate surface area is 327 Å². The number of methoxy groups -OCH3 is 2. The van der Waals surface area contributed by atoms with E-state index in [9.17, 15) is 19.5 Å². The summed E-state index contributed by atoms with van der Waals surface area (Å²) >= 11 is 0. The van der Waals surface area contributed by atoms with Crippen LogP contribution in [0.25, 0.3) is 0 Å². The number of allylic oxidation sites excluding steroid dienone is 1. The average molecular weight is 757 g/mol. The van der Waals surface area contributed by atoms with Crippen molar-refractivity contribution in [2.45, 2.75) is 172 Å². The lowest BCUT2D eigenvalue weighted by atomic mass is 9.32. The lowest BCUT2D eigenvalue weighted by Gasteiger charge is -2.73. The maximum Gasteiger partial charge on any atom is 0.306 e. The summed E-state index contributed by atoms with van der Waals surface area (Å²) < 4.78 is 22.6. The molecule has 11 atom stereocenters. The summed E-state index contributed by atoms with van der Waals surface area (Å²) in [5.41, 5.74) is 0.624. The third-order valence-corrected chi connectivity index (χ3v) is 17.1. The Balaban J connectivity index is 1.34. The van der Waals surface area contributed by atoms with Gasteiger partial charge in [-0.3, -0.25) is 14.4 Å². The molecular weight excluding hydrogens is 680 g/mol. The molecule has 0 amide bonds. The molecule has 0 aromatic carbocycles. The molecule has 0 saturated heterocycles. The van der Waals surface area contributed by atoms with Gasteiger partial charge in [0.15, 0.2) is 6.29 Å². The molecule has 1 N–H and O–H groups in total. The van der Waals surface area contributed by atoms with Crippen LogP contribution in [0.2, 0.25) is 0 Å². The van der Waals surface area contributed by atoms with Crippen LogP contribution in [0.1, 0.15) is 159 Å². The van der Waals surface area contributed by atoms with E-state index in [1.165, 1.54) is 39.1 Å². The zero-order valence-electron chi connectivity index (χ0n) is 36.2. The SMILES string of the molecule is C=C(C)C1CC[C@]2(COC(=O)CC(C)(C)CC(=O)OC)CC[C@]3(C)C(CCC4[C@@]5(C)CC[C@H](OC(=O)CC(C)(C)CC(O)OC)C(C)(C)C5CC[C@]43C)C12. The predicted octanol–water partition coefficient (Wildman–Crippen LogP) is 9.85. The highest BCUT2D eigenvalue weighted by Crippen LogP contribution is 2.77. The van der Waals surface area contributed by atoms with Crippen LogP contribution in [-0.2, 0) is 33.3 Å². The van der Waals surface area contributed by atoms with Gasteiger partial charge in [0.1, 0.15) is 6.10 Å². The number of aliphatic hydroxyl groups is 1. The number of fused-ring (bicyclic) bond motifs is 7. The van der Waals surface area contributed by atoms with Gasteiger partial charge in [-0.15, -0.1) is 0 Å². The smallest absolute Gasteiger partial charge is 0.306 e. The van der Waals surface area contributed by atoms with E-state index < -0.39 is 17.1 Å². The molecule has 8 nitrogen and oxygen atoms in total. The number of rotatable bonds is 13. The Bertz CT molecular complexity index is 1430. The van der Waals surface area contributed by atoms with Gasteiger partial charge in [-0.25, -0.2) is 0 Å². The first-order valence-electron chi connectivity index (χ1n) is 21.2. The molecule has 0 aliphatic heterocycles. The first-order valence-corrected chi connectivity index (χ1v) is 21.2. The van der Waals surface area contributed by atoms with E-state index in [4.69, 9.17) is 18.9 Å². The molecule has 5 rings (SSSR count). The van der Waals surface area contributed by atoms with Gasteiger partial charge in [0.25, 0.3) is 0 Å². The van der Waals surface area contributed by atoms with Crippen molar-refractivity contribution in [2.24, 2.45) is 67.5 Å². The normalized spacial score (nSPS) is 39.2. The van der Waals surface area contributed by atoms with Gasteiger partial charge in [0, 0.05) is 24.4 Å². The van der Waals surface area contributed by atoms with Gasteiger partial charge >= 0.3 is 17.9 Å². The minimum atomic E-state index is -0.894. The molecule has 0 aromatic heterocycles. The van der Waals surface area contributed by atoms with E-state index in [0.717, 1.165) is 44.9 Å². The van der Waals surface area contributed by atoms with Crippen LogP contribution in [0.15, 0.2) is 12.2 Å². The molecule has 5 aliphatic carbocycles. The maximum absolute atomic E-state index is 13.4. The molecule has 5 saturated carbocycles. The Hall–Kier alpha value is -1.93. The van der Waals surface area contributed by atoms with Crippen molar-refractivity contribution in [1.82, 2.24) is 0 Å². The quantitative estimate of drug-likeness (QED) is 0.0857. The monoisotopic (exact) mass is 757 g/mol. The first kappa shape index (κ1) is 43.2. The zero-order valence-corrected chi connectivity index (χ0v) is 36.2. The molecule has 5 fully saturated rings. The van der Waals surface area contributed by atoms with Crippen LogP contribution < -0.4 is 0 Å². The zero-order chi connectivity index (χ0) is 40.3. The molecule has 54 heavy (non-hydrogen) atoms. The third-order valence-electron chi connectivity index (χ3n) is 17.1. The molecule has 0 heterocycles. The van der Waals surface area contributed by atoms with Crippen molar-refractivity contribution < 1.29 is 38.4 Å². The number of hydrogen-bond acceptors (Lipinski definition) is 8. The van der Waals surface area contributed by atoms with Crippen molar-refractivity contribution >= 4 is 17.9 Å². The highest BCUT2D eigenvalue weighted by atomic mass is 16.6. The van der Waals surface area contributed by atoms with Crippen molar-refractivity contribution in [1.29, 1.82) is 0 Å². The first-order chi connectivity index (χ1) is 24.9. The second-order valence-electron chi connectivity index (χ2n) is 21.9. The van der Waals surface area contributed by atoms with E-state index in [-0.39, 0.29) is 70.3 Å². The molecule has 0 bridgehead atoms. The number of ether oxygens (including phenoxy) is 4. The summed E-state index contributed by atoms with van der Waals surface area (Å²) in [6, 6.07) is 0. The number of esters is 3. The fourth-order valence-electron chi connectivity index (χ4n) is 14.1. The minimum Gasteiger partial charge on any atom is -0.469 e. The molecule has 308 valence electrons. The van der Waals surface area contributed by atoms with E-state index in [2.05, 4.69) is 48.1 Å². The van der Waals surface area contributed by atoms with E-state index in [0.29, 0.717) is 42.6 Å². The maximum atomic E-state index is 13.4. The van der Waals surface area contributed by atoms with Crippen molar-refractivity contribution in [3.63, 3.8) is 0 Å².